The summed E-state index contributed by atoms with van der Waals surface area (Å²) in [4.78, 5) is 26.1. The molecule has 215 valence electrons. The fourth-order valence-electron chi connectivity index (χ4n) is 6.03. The first-order chi connectivity index (χ1) is 19.9. The molecule has 2 aromatic rings. The summed E-state index contributed by atoms with van der Waals surface area (Å²) in [6.45, 7) is 12.3. The minimum absolute atomic E-state index is 0.0194. The maximum atomic E-state index is 15.2. The lowest BCUT2D eigenvalue weighted by Gasteiger charge is -2.35. The normalized spacial score (nSPS) is 22.1. The summed E-state index contributed by atoms with van der Waals surface area (Å²) in [5.74, 6) is 7.11. The number of carbonyl (C=O) groups is 1. The molecule has 0 amide bonds. The summed E-state index contributed by atoms with van der Waals surface area (Å²) in [6, 6.07) is 7.05. The number of carbonyl (C=O) groups excluding carboxylic acids is 1. The molecular weight excluding hydrogens is 525 g/mol. The number of terminal acetylenes is 1. The molecule has 2 heterocycles. The average molecular weight is 563 g/mol. The number of hydrogen-bond acceptors (Lipinski definition) is 3. The van der Waals surface area contributed by atoms with Crippen molar-refractivity contribution < 1.29 is 13.9 Å². The third kappa shape index (κ3) is 5.41. The number of fused-ring (bicyclic) bond motifs is 1. The summed E-state index contributed by atoms with van der Waals surface area (Å²) >= 11 is 0. The van der Waals surface area contributed by atoms with Crippen LogP contribution in [0.15, 0.2) is 53.0 Å². The maximum absolute atomic E-state index is 15.2. The zero-order valence-corrected chi connectivity index (χ0v) is 25.2. The molecule has 3 aliphatic rings. The van der Waals surface area contributed by atoms with Gasteiger partial charge in [0.05, 0.1) is 16.8 Å². The van der Waals surface area contributed by atoms with Gasteiger partial charge in [-0.2, -0.15) is 4.39 Å². The molecule has 2 aliphatic carbocycles. The molecule has 0 bridgehead atoms. The minimum atomic E-state index is -1.92. The molecule has 3 atom stereocenters. The van der Waals surface area contributed by atoms with Crippen LogP contribution in [0.1, 0.15) is 100 Å². The maximum Gasteiger partial charge on any atom is 0.267 e. The van der Waals surface area contributed by atoms with E-state index < -0.39 is 17.1 Å². The summed E-state index contributed by atoms with van der Waals surface area (Å²) in [5, 5.41) is 0. The van der Waals surface area contributed by atoms with Gasteiger partial charge in [-0.25, -0.2) is 0 Å². The van der Waals surface area contributed by atoms with E-state index in [0.29, 0.717) is 28.5 Å². The first-order valence-electron chi connectivity index (χ1n) is 14.8. The second-order valence-electron chi connectivity index (χ2n) is 12.5. The summed E-state index contributed by atoms with van der Waals surface area (Å²) in [5.41, 5.74) is 4.17. The molecule has 0 N–H and O–H groups in total. The number of allylic oxidation sites excluding steroid dienone is 4. The minimum Gasteiger partial charge on any atom is -0.454 e. The monoisotopic (exact) mass is 562 g/mol. The van der Waals surface area contributed by atoms with Gasteiger partial charge in [0, 0.05) is 47.9 Å². The number of Topliss-reactive ketones (excluding diaryl/α,β-unsaturated/α-hetero) is 1. The molecule has 0 saturated heterocycles. The highest BCUT2D eigenvalue weighted by Gasteiger charge is 2.37. The Morgan fingerprint density at radius 2 is 2.02 bits per heavy atom. The van der Waals surface area contributed by atoms with Gasteiger partial charge in [0.15, 0.2) is 5.43 Å². The highest BCUT2D eigenvalue weighted by molar-refractivity contribution is 6.09. The zero-order valence-electron chi connectivity index (χ0n) is 25.2. The van der Waals surface area contributed by atoms with Crippen LogP contribution in [0.4, 0.5) is 4.39 Å². The van der Waals surface area contributed by atoms with Gasteiger partial charge in [0.25, 0.3) is 5.85 Å². The van der Waals surface area contributed by atoms with E-state index in [1.165, 1.54) is 12.1 Å². The number of benzene rings is 1. The molecule has 1 aromatic carbocycles. The first-order valence-corrected chi connectivity index (χ1v) is 14.8. The van der Waals surface area contributed by atoms with Crippen molar-refractivity contribution in [2.45, 2.75) is 79.1 Å². The number of aromatic nitrogens is 1. The Hall–Kier alpha value is -4.09. The number of pyridine rings is 1. The Kier molecular flexibility index (Phi) is 7.67. The lowest BCUT2D eigenvalue weighted by molar-refractivity contribution is -0.0221. The van der Waals surface area contributed by atoms with E-state index in [2.05, 4.69) is 64.5 Å². The fraction of sp³-hybridized carbons (Fsp3) is 0.405. The van der Waals surface area contributed by atoms with Crippen molar-refractivity contribution in [1.82, 2.24) is 4.57 Å². The summed E-state index contributed by atoms with van der Waals surface area (Å²) < 4.78 is 23.1. The number of ether oxygens (including phenoxy) is 1. The molecule has 42 heavy (non-hydrogen) atoms. The third-order valence-corrected chi connectivity index (χ3v) is 8.33. The van der Waals surface area contributed by atoms with Gasteiger partial charge in [-0.1, -0.05) is 64.7 Å². The zero-order chi connectivity index (χ0) is 30.4. The molecule has 5 rings (SSSR count). The van der Waals surface area contributed by atoms with E-state index >= 15 is 4.39 Å². The molecule has 2 unspecified atom stereocenters. The van der Waals surface area contributed by atoms with E-state index in [-0.39, 0.29) is 29.4 Å². The van der Waals surface area contributed by atoms with Gasteiger partial charge in [-0.05, 0) is 66.7 Å². The van der Waals surface area contributed by atoms with Crippen LogP contribution in [0, 0.1) is 47.5 Å². The Balaban J connectivity index is 1.89. The topological polar surface area (TPSA) is 48.3 Å². The van der Waals surface area contributed by atoms with Crippen molar-refractivity contribution in [3.05, 3.63) is 86.9 Å². The molecule has 4 nitrogen and oxygen atoms in total. The summed E-state index contributed by atoms with van der Waals surface area (Å²) in [6.07, 6.45) is 16.8. The molecule has 1 radical (unpaired) electrons. The number of hydrogen-bond donors (Lipinski definition) is 0. The van der Waals surface area contributed by atoms with Crippen LogP contribution in [0.5, 0.6) is 5.75 Å². The van der Waals surface area contributed by atoms with Crippen molar-refractivity contribution in [2.75, 3.05) is 0 Å². The Bertz CT molecular complexity index is 1710. The van der Waals surface area contributed by atoms with Crippen molar-refractivity contribution in [3.63, 3.8) is 0 Å². The van der Waals surface area contributed by atoms with E-state index in [1.54, 1.807) is 19.2 Å². The third-order valence-electron chi connectivity index (χ3n) is 8.33. The van der Waals surface area contributed by atoms with Crippen molar-refractivity contribution >= 4 is 16.9 Å². The van der Waals surface area contributed by atoms with Crippen LogP contribution < -0.4 is 10.2 Å². The second kappa shape index (κ2) is 11.0. The van der Waals surface area contributed by atoms with Crippen molar-refractivity contribution in [1.29, 1.82) is 0 Å². The van der Waals surface area contributed by atoms with E-state index in [0.717, 1.165) is 36.0 Å². The number of alkyl halides is 1. The smallest absolute Gasteiger partial charge is 0.267 e. The average Bonchev–Trinajstić information content (AvgIpc) is 3.80. The predicted molar refractivity (Wildman–Crippen MR) is 165 cm³/mol. The SMILES string of the molecule is C#CC(=O)c1cn([C@@H](CC)C(C)(C)C)c(C2=C(c3cccc4c3[C]=CC(F)(CC)O4)C(C3CC3)=CC(C)C#C2)cc1=O. The van der Waals surface area contributed by atoms with Gasteiger partial charge in [-0.3, -0.25) is 9.59 Å². The molecule has 0 spiro atoms. The second-order valence-corrected chi connectivity index (χ2v) is 12.5. The lowest BCUT2D eigenvalue weighted by Crippen LogP contribution is -2.30. The van der Waals surface area contributed by atoms with Gasteiger partial charge in [-0.15, -0.1) is 6.42 Å². The molecular formula is C37H37FNO3. The van der Waals surface area contributed by atoms with Crippen LogP contribution >= 0.6 is 0 Å². The fourth-order valence-corrected chi connectivity index (χ4v) is 6.03. The van der Waals surface area contributed by atoms with Crippen LogP contribution in [0.25, 0.3) is 11.1 Å². The molecule has 1 fully saturated rings. The first kappa shape index (κ1) is 29.4. The van der Waals surface area contributed by atoms with Crippen molar-refractivity contribution in [3.8, 4) is 29.9 Å². The van der Waals surface area contributed by atoms with Gasteiger partial charge in [0.1, 0.15) is 5.75 Å². The van der Waals surface area contributed by atoms with E-state index in [4.69, 9.17) is 11.2 Å². The van der Waals surface area contributed by atoms with Gasteiger partial charge < -0.3 is 9.30 Å². The largest absolute Gasteiger partial charge is 0.454 e. The highest BCUT2D eigenvalue weighted by Crippen LogP contribution is 2.49. The molecule has 5 heteroatoms. The highest BCUT2D eigenvalue weighted by atomic mass is 19.2. The Morgan fingerprint density at radius 1 is 1.29 bits per heavy atom. The Morgan fingerprint density at radius 3 is 2.64 bits per heavy atom. The van der Waals surface area contributed by atoms with E-state index in [1.807, 2.05) is 16.7 Å². The standard InChI is InChI=1S/C37H37FNO3/c1-8-31(40)29-22-39(34(9-2)36(5,6)7)30(21-32(29)41)27-17-14-23(4)20-28(24-15-16-24)35(27)26-12-11-13-33-25(26)18-19-37(38,10-3)42-33/h1,11-13,19-24,34H,9-10,15-16H2,2-7H3/t23?,34-,37?/m0/s1. The number of halogens is 1. The van der Waals surface area contributed by atoms with Crippen LogP contribution in [0.2, 0.25) is 0 Å². The molecule has 1 saturated carbocycles. The number of rotatable bonds is 7. The van der Waals surface area contributed by atoms with Gasteiger partial charge >= 0.3 is 0 Å². The van der Waals surface area contributed by atoms with Crippen LogP contribution in [-0.4, -0.2) is 16.2 Å². The number of ketones is 1. The lowest BCUT2D eigenvalue weighted by atomic mass is 9.82. The molecule has 1 aliphatic heterocycles. The van der Waals surface area contributed by atoms with Crippen LogP contribution in [0.3, 0.4) is 0 Å². The summed E-state index contributed by atoms with van der Waals surface area (Å²) in [7, 11) is 0. The predicted octanol–water partition coefficient (Wildman–Crippen LogP) is 7.74. The Labute approximate surface area is 248 Å². The van der Waals surface area contributed by atoms with Crippen molar-refractivity contribution in [2.24, 2.45) is 17.3 Å². The van der Waals surface area contributed by atoms with Gasteiger partial charge in [0.2, 0.25) is 5.78 Å². The number of nitrogens with zero attached hydrogens (tertiary/aromatic N) is 1. The van der Waals surface area contributed by atoms with E-state index in [9.17, 15) is 9.59 Å². The van der Waals surface area contributed by atoms with Crippen LogP contribution in [-0.2, 0) is 0 Å². The molecule has 1 aromatic heterocycles. The quantitative estimate of drug-likeness (QED) is 0.197.